The standard InChI is InChI=1S/C16H19NO3/c1-12(8-9-14-6-4-10-20-14)17-11-13-5-2-3-7-15(13)16(18)19/h2-7,10,12,17H,8-9,11H2,1H3,(H,18,19). The second kappa shape index (κ2) is 6.91. The molecule has 0 aliphatic heterocycles. The molecule has 0 saturated carbocycles. The van der Waals surface area contributed by atoms with E-state index in [1.54, 1.807) is 18.4 Å². The molecule has 2 N–H and O–H groups in total. The summed E-state index contributed by atoms with van der Waals surface area (Å²) in [7, 11) is 0. The van der Waals surface area contributed by atoms with Gasteiger partial charge in [0.15, 0.2) is 0 Å². The second-order valence-electron chi connectivity index (χ2n) is 4.86. The molecule has 0 aliphatic carbocycles. The monoisotopic (exact) mass is 273 g/mol. The van der Waals surface area contributed by atoms with Crippen LogP contribution < -0.4 is 5.32 Å². The van der Waals surface area contributed by atoms with Crippen LogP contribution in [0.15, 0.2) is 47.1 Å². The minimum absolute atomic E-state index is 0.293. The molecule has 1 aromatic heterocycles. The van der Waals surface area contributed by atoms with Crippen molar-refractivity contribution in [3.63, 3.8) is 0 Å². The molecule has 1 unspecified atom stereocenters. The van der Waals surface area contributed by atoms with E-state index in [9.17, 15) is 4.79 Å². The third-order valence-corrected chi connectivity index (χ3v) is 3.29. The highest BCUT2D eigenvalue weighted by molar-refractivity contribution is 5.89. The Kier molecular flexibility index (Phi) is 4.96. The Bertz CT molecular complexity index is 549. The number of nitrogens with one attached hydrogen (secondary N) is 1. The quantitative estimate of drug-likeness (QED) is 0.813. The van der Waals surface area contributed by atoms with Crippen molar-refractivity contribution < 1.29 is 14.3 Å². The highest BCUT2D eigenvalue weighted by Crippen LogP contribution is 2.10. The molecule has 4 nitrogen and oxygen atoms in total. The predicted molar refractivity (Wildman–Crippen MR) is 76.7 cm³/mol. The Morgan fingerprint density at radius 1 is 1.30 bits per heavy atom. The molecule has 0 amide bonds. The van der Waals surface area contributed by atoms with Gasteiger partial charge in [0, 0.05) is 19.0 Å². The molecule has 0 saturated heterocycles. The van der Waals surface area contributed by atoms with Crippen molar-refractivity contribution in [2.75, 3.05) is 0 Å². The minimum Gasteiger partial charge on any atom is -0.478 e. The Balaban J connectivity index is 1.84. The normalized spacial score (nSPS) is 12.2. The summed E-state index contributed by atoms with van der Waals surface area (Å²) in [6.07, 6.45) is 3.50. The lowest BCUT2D eigenvalue weighted by atomic mass is 10.1. The fourth-order valence-corrected chi connectivity index (χ4v) is 2.08. The summed E-state index contributed by atoms with van der Waals surface area (Å²) in [5.41, 5.74) is 1.17. The van der Waals surface area contributed by atoms with Crippen LogP contribution in [0.25, 0.3) is 0 Å². The molecule has 1 aromatic carbocycles. The number of benzene rings is 1. The maximum atomic E-state index is 11.1. The van der Waals surface area contributed by atoms with Crippen molar-refractivity contribution in [3.05, 3.63) is 59.5 Å². The third-order valence-electron chi connectivity index (χ3n) is 3.29. The first-order valence-corrected chi connectivity index (χ1v) is 6.74. The molecule has 1 heterocycles. The number of aryl methyl sites for hydroxylation is 1. The van der Waals surface area contributed by atoms with E-state index in [4.69, 9.17) is 9.52 Å². The zero-order valence-corrected chi connectivity index (χ0v) is 11.5. The molecule has 0 fully saturated rings. The molecular weight excluding hydrogens is 254 g/mol. The predicted octanol–water partition coefficient (Wildman–Crippen LogP) is 3.09. The molecule has 0 bridgehead atoms. The van der Waals surface area contributed by atoms with Crippen LogP contribution in [0.3, 0.4) is 0 Å². The summed E-state index contributed by atoms with van der Waals surface area (Å²) in [5, 5.41) is 12.5. The smallest absolute Gasteiger partial charge is 0.336 e. The number of hydrogen-bond donors (Lipinski definition) is 2. The van der Waals surface area contributed by atoms with Gasteiger partial charge in [-0.2, -0.15) is 0 Å². The summed E-state index contributed by atoms with van der Waals surface area (Å²) in [4.78, 5) is 11.1. The first kappa shape index (κ1) is 14.3. The molecule has 1 atom stereocenters. The lowest BCUT2D eigenvalue weighted by molar-refractivity contribution is 0.0695. The first-order valence-electron chi connectivity index (χ1n) is 6.74. The first-order chi connectivity index (χ1) is 9.66. The second-order valence-corrected chi connectivity index (χ2v) is 4.86. The van der Waals surface area contributed by atoms with Gasteiger partial charge in [0.25, 0.3) is 0 Å². The highest BCUT2D eigenvalue weighted by atomic mass is 16.4. The van der Waals surface area contributed by atoms with Gasteiger partial charge in [-0.1, -0.05) is 18.2 Å². The third kappa shape index (κ3) is 3.96. The van der Waals surface area contributed by atoms with Crippen LogP contribution >= 0.6 is 0 Å². The Morgan fingerprint density at radius 3 is 2.80 bits per heavy atom. The van der Waals surface area contributed by atoms with Crippen LogP contribution in [0, 0.1) is 0 Å². The summed E-state index contributed by atoms with van der Waals surface area (Å²) < 4.78 is 5.29. The summed E-state index contributed by atoms with van der Waals surface area (Å²) in [5.74, 6) is 0.0928. The van der Waals surface area contributed by atoms with E-state index in [2.05, 4.69) is 12.2 Å². The average molecular weight is 273 g/mol. The van der Waals surface area contributed by atoms with Gasteiger partial charge in [0.1, 0.15) is 5.76 Å². The zero-order valence-electron chi connectivity index (χ0n) is 11.5. The van der Waals surface area contributed by atoms with Gasteiger partial charge in [-0.3, -0.25) is 0 Å². The maximum Gasteiger partial charge on any atom is 0.336 e. The van der Waals surface area contributed by atoms with Crippen LogP contribution in [0.5, 0.6) is 0 Å². The van der Waals surface area contributed by atoms with Crippen LogP contribution in [0.2, 0.25) is 0 Å². The minimum atomic E-state index is -0.884. The van der Waals surface area contributed by atoms with E-state index in [0.29, 0.717) is 18.2 Å². The van der Waals surface area contributed by atoms with Gasteiger partial charge in [-0.15, -0.1) is 0 Å². The van der Waals surface area contributed by atoms with Gasteiger partial charge in [-0.25, -0.2) is 4.79 Å². The molecule has 0 aliphatic rings. The van der Waals surface area contributed by atoms with E-state index < -0.39 is 5.97 Å². The lowest BCUT2D eigenvalue weighted by Crippen LogP contribution is -2.26. The van der Waals surface area contributed by atoms with Crippen molar-refractivity contribution in [1.82, 2.24) is 5.32 Å². The molecule has 106 valence electrons. The average Bonchev–Trinajstić information content (AvgIpc) is 2.96. The van der Waals surface area contributed by atoms with Gasteiger partial charge < -0.3 is 14.8 Å². The molecule has 0 radical (unpaired) electrons. The van der Waals surface area contributed by atoms with Crippen molar-refractivity contribution in [2.24, 2.45) is 0 Å². The van der Waals surface area contributed by atoms with Crippen molar-refractivity contribution >= 4 is 5.97 Å². The van der Waals surface area contributed by atoms with Crippen LogP contribution in [0.4, 0.5) is 0 Å². The summed E-state index contributed by atoms with van der Waals surface area (Å²) >= 11 is 0. The molecule has 20 heavy (non-hydrogen) atoms. The van der Waals surface area contributed by atoms with Gasteiger partial charge in [0.2, 0.25) is 0 Å². The molecule has 4 heteroatoms. The van der Waals surface area contributed by atoms with Crippen molar-refractivity contribution in [2.45, 2.75) is 32.4 Å². The number of hydrogen-bond acceptors (Lipinski definition) is 3. The SMILES string of the molecule is CC(CCc1ccco1)NCc1ccccc1C(=O)O. The lowest BCUT2D eigenvalue weighted by Gasteiger charge is -2.14. The van der Waals surface area contributed by atoms with Gasteiger partial charge in [-0.05, 0) is 37.1 Å². The Hall–Kier alpha value is -2.07. The number of carbonyl (C=O) groups is 1. The van der Waals surface area contributed by atoms with E-state index in [0.717, 1.165) is 24.2 Å². The molecule has 2 rings (SSSR count). The number of aromatic carboxylic acids is 1. The maximum absolute atomic E-state index is 11.1. The molecule has 0 spiro atoms. The van der Waals surface area contributed by atoms with E-state index >= 15 is 0 Å². The molecule has 2 aromatic rings. The van der Waals surface area contributed by atoms with Gasteiger partial charge >= 0.3 is 5.97 Å². The molecular formula is C16H19NO3. The number of rotatable bonds is 7. The Morgan fingerprint density at radius 2 is 2.10 bits per heavy atom. The van der Waals surface area contributed by atoms with E-state index in [-0.39, 0.29) is 0 Å². The topological polar surface area (TPSA) is 62.5 Å². The summed E-state index contributed by atoms with van der Waals surface area (Å²) in [6.45, 7) is 2.65. The number of furan rings is 1. The Labute approximate surface area is 118 Å². The van der Waals surface area contributed by atoms with E-state index in [1.807, 2.05) is 24.3 Å². The van der Waals surface area contributed by atoms with Crippen LogP contribution in [0.1, 0.15) is 35.0 Å². The zero-order chi connectivity index (χ0) is 14.4. The number of carboxylic acid groups (broad SMARTS) is 1. The summed E-state index contributed by atoms with van der Waals surface area (Å²) in [6, 6.07) is 11.2. The largest absolute Gasteiger partial charge is 0.478 e. The van der Waals surface area contributed by atoms with Gasteiger partial charge in [0.05, 0.1) is 11.8 Å². The van der Waals surface area contributed by atoms with Crippen LogP contribution in [-0.2, 0) is 13.0 Å². The number of carboxylic acids is 1. The fourth-order valence-electron chi connectivity index (χ4n) is 2.08. The van der Waals surface area contributed by atoms with E-state index in [1.165, 1.54) is 0 Å². The van der Waals surface area contributed by atoms with Crippen molar-refractivity contribution in [3.8, 4) is 0 Å². The highest BCUT2D eigenvalue weighted by Gasteiger charge is 2.10. The fraction of sp³-hybridized carbons (Fsp3) is 0.312. The van der Waals surface area contributed by atoms with Crippen molar-refractivity contribution in [1.29, 1.82) is 0 Å². The van der Waals surface area contributed by atoms with Crippen LogP contribution in [-0.4, -0.2) is 17.1 Å².